The van der Waals surface area contributed by atoms with E-state index in [0.717, 1.165) is 5.56 Å². The summed E-state index contributed by atoms with van der Waals surface area (Å²) in [6, 6.07) is 14.4. The van der Waals surface area contributed by atoms with E-state index in [0.29, 0.717) is 31.6 Å². The summed E-state index contributed by atoms with van der Waals surface area (Å²) in [7, 11) is -3.94. The van der Waals surface area contributed by atoms with Gasteiger partial charge in [-0.15, -0.1) is 0 Å². The number of ketones is 1. The highest BCUT2D eigenvalue weighted by Gasteiger charge is 2.19. The van der Waals surface area contributed by atoms with E-state index < -0.39 is 10.0 Å². The molecule has 3 aromatic carbocycles. The lowest BCUT2D eigenvalue weighted by Crippen LogP contribution is -2.16. The van der Waals surface area contributed by atoms with E-state index in [2.05, 4.69) is 31.9 Å². The van der Waals surface area contributed by atoms with Crippen LogP contribution in [0, 0.1) is 0 Å². The third-order valence-electron chi connectivity index (χ3n) is 4.79. The van der Waals surface area contributed by atoms with Gasteiger partial charge in [0.1, 0.15) is 11.5 Å². The molecule has 0 aromatic heterocycles. The van der Waals surface area contributed by atoms with Gasteiger partial charge in [-0.1, -0.05) is 32.0 Å². The smallest absolute Gasteiger partial charge is 0.238 e. The molecule has 0 atom stereocenters. The Hall–Kier alpha value is -2.20. The van der Waals surface area contributed by atoms with Crippen LogP contribution in [0.25, 0.3) is 0 Å². The Morgan fingerprint density at radius 3 is 2.28 bits per heavy atom. The van der Waals surface area contributed by atoms with Crippen molar-refractivity contribution in [2.45, 2.75) is 31.1 Å². The largest absolute Gasteiger partial charge is 0.508 e. The van der Waals surface area contributed by atoms with Crippen molar-refractivity contribution < 1.29 is 23.1 Å². The Balaban J connectivity index is 1.88. The molecule has 3 N–H and O–H groups in total. The number of ether oxygens (including phenoxy) is 1. The number of phenolic OH excluding ortho intramolecular Hbond substituents is 1. The second kappa shape index (κ2) is 9.74. The standard InChI is InChI=1S/C23H21Br2NO5S/c1-13(2)17-12-16(7-8-20(17)27)31-23-18(24)9-15(10-19(23)25)21(28)11-14-5-3-4-6-22(14)32(26,29)30/h3-10,12-13,27H,11H2,1-2H3,(H2,26,29,30). The Kier molecular flexibility index (Phi) is 7.44. The number of nitrogens with two attached hydrogens (primary N) is 1. The van der Waals surface area contributed by atoms with Gasteiger partial charge in [0, 0.05) is 17.5 Å². The lowest BCUT2D eigenvalue weighted by molar-refractivity contribution is 0.0992. The van der Waals surface area contributed by atoms with E-state index in [9.17, 15) is 18.3 Å². The minimum atomic E-state index is -3.94. The maximum atomic E-state index is 12.9. The molecule has 0 amide bonds. The number of hydrogen-bond acceptors (Lipinski definition) is 5. The van der Waals surface area contributed by atoms with Crippen LogP contribution in [0.1, 0.15) is 41.3 Å². The third-order valence-corrected chi connectivity index (χ3v) is 6.98. The summed E-state index contributed by atoms with van der Waals surface area (Å²) in [5.41, 5.74) is 1.46. The van der Waals surface area contributed by atoms with Crippen molar-refractivity contribution in [1.29, 1.82) is 0 Å². The second-order valence-corrected chi connectivity index (χ2v) is 10.7. The van der Waals surface area contributed by atoms with Gasteiger partial charge < -0.3 is 9.84 Å². The Bertz CT molecular complexity index is 1270. The Morgan fingerprint density at radius 2 is 1.69 bits per heavy atom. The first-order valence-corrected chi connectivity index (χ1v) is 12.7. The number of hydrogen-bond donors (Lipinski definition) is 2. The maximum Gasteiger partial charge on any atom is 0.238 e. The molecule has 168 valence electrons. The van der Waals surface area contributed by atoms with Crippen LogP contribution < -0.4 is 9.88 Å². The molecule has 6 nitrogen and oxygen atoms in total. The highest BCUT2D eigenvalue weighted by molar-refractivity contribution is 9.11. The molecule has 3 rings (SSSR count). The average Bonchev–Trinajstić information content (AvgIpc) is 2.71. The lowest BCUT2D eigenvalue weighted by Gasteiger charge is -2.15. The molecule has 0 unspecified atom stereocenters. The summed E-state index contributed by atoms with van der Waals surface area (Å²) in [6.07, 6.45) is -0.124. The van der Waals surface area contributed by atoms with Gasteiger partial charge in [0.25, 0.3) is 0 Å². The van der Waals surface area contributed by atoms with E-state index >= 15 is 0 Å². The fourth-order valence-electron chi connectivity index (χ4n) is 3.20. The van der Waals surface area contributed by atoms with Gasteiger partial charge in [-0.05, 0) is 79.7 Å². The number of carbonyl (C=O) groups is 1. The van der Waals surface area contributed by atoms with Crippen molar-refractivity contribution in [1.82, 2.24) is 0 Å². The summed E-state index contributed by atoms with van der Waals surface area (Å²) in [4.78, 5) is 12.8. The van der Waals surface area contributed by atoms with E-state index in [-0.39, 0.29) is 28.8 Å². The minimum absolute atomic E-state index is 0.0697. The number of phenols is 1. The first kappa shape index (κ1) is 24.4. The molecule has 32 heavy (non-hydrogen) atoms. The Labute approximate surface area is 203 Å². The predicted octanol–water partition coefficient (Wildman–Crippen LogP) is 5.91. The van der Waals surface area contributed by atoms with Crippen LogP contribution in [0.4, 0.5) is 0 Å². The topological polar surface area (TPSA) is 107 Å². The van der Waals surface area contributed by atoms with Crippen LogP contribution in [-0.4, -0.2) is 19.3 Å². The average molecular weight is 583 g/mol. The molecule has 0 saturated carbocycles. The number of aromatic hydroxyl groups is 1. The zero-order valence-electron chi connectivity index (χ0n) is 17.3. The number of halogens is 2. The molecule has 0 aliphatic heterocycles. The molecule has 0 aliphatic rings. The number of rotatable bonds is 7. The van der Waals surface area contributed by atoms with Crippen LogP contribution >= 0.6 is 31.9 Å². The zero-order chi connectivity index (χ0) is 23.6. The van der Waals surface area contributed by atoms with Crippen molar-refractivity contribution in [2.24, 2.45) is 5.14 Å². The van der Waals surface area contributed by atoms with E-state index in [1.807, 2.05) is 13.8 Å². The summed E-state index contributed by atoms with van der Waals surface area (Å²) >= 11 is 6.89. The highest BCUT2D eigenvalue weighted by Crippen LogP contribution is 2.39. The third kappa shape index (κ3) is 5.58. The molecule has 0 radical (unpaired) electrons. The van der Waals surface area contributed by atoms with Crippen molar-refractivity contribution in [3.63, 3.8) is 0 Å². The van der Waals surface area contributed by atoms with Crippen molar-refractivity contribution in [3.05, 3.63) is 80.2 Å². The summed E-state index contributed by atoms with van der Waals surface area (Å²) in [6.45, 7) is 3.94. The molecule has 3 aromatic rings. The fourth-order valence-corrected chi connectivity index (χ4v) is 5.32. The molecule has 0 saturated heterocycles. The van der Waals surface area contributed by atoms with Gasteiger partial charge in [-0.2, -0.15) is 0 Å². The molecule has 0 spiro atoms. The monoisotopic (exact) mass is 581 g/mol. The molecular weight excluding hydrogens is 562 g/mol. The molecule has 0 bridgehead atoms. The summed E-state index contributed by atoms with van der Waals surface area (Å²) in [5, 5.41) is 15.3. The number of Topliss-reactive ketones (excluding diaryl/α,β-unsaturated/α-hetero) is 1. The van der Waals surface area contributed by atoms with Gasteiger partial charge in [-0.25, -0.2) is 13.6 Å². The predicted molar refractivity (Wildman–Crippen MR) is 130 cm³/mol. The maximum absolute atomic E-state index is 12.9. The van der Waals surface area contributed by atoms with Crippen LogP contribution in [0.15, 0.2) is 68.4 Å². The van der Waals surface area contributed by atoms with Gasteiger partial charge in [-0.3, -0.25) is 4.79 Å². The van der Waals surface area contributed by atoms with Crippen molar-refractivity contribution >= 4 is 47.7 Å². The fraction of sp³-hybridized carbons (Fsp3) is 0.174. The van der Waals surface area contributed by atoms with Crippen LogP contribution in [-0.2, 0) is 16.4 Å². The van der Waals surface area contributed by atoms with Crippen molar-refractivity contribution in [2.75, 3.05) is 0 Å². The zero-order valence-corrected chi connectivity index (χ0v) is 21.3. The quantitative estimate of drug-likeness (QED) is 0.337. The molecular formula is C23H21Br2NO5S. The minimum Gasteiger partial charge on any atom is -0.508 e. The number of benzene rings is 3. The van der Waals surface area contributed by atoms with E-state index in [1.54, 1.807) is 48.5 Å². The normalized spacial score (nSPS) is 11.6. The molecule has 0 fully saturated rings. The molecule has 9 heteroatoms. The van der Waals surface area contributed by atoms with Gasteiger partial charge in [0.15, 0.2) is 11.5 Å². The van der Waals surface area contributed by atoms with Crippen molar-refractivity contribution in [3.8, 4) is 17.2 Å². The molecule has 0 heterocycles. The lowest BCUT2D eigenvalue weighted by atomic mass is 10.0. The summed E-state index contributed by atoms with van der Waals surface area (Å²) < 4.78 is 30.7. The van der Waals surface area contributed by atoms with Gasteiger partial charge >= 0.3 is 0 Å². The first-order valence-electron chi connectivity index (χ1n) is 9.61. The summed E-state index contributed by atoms with van der Waals surface area (Å²) in [5.74, 6) is 1.04. The van der Waals surface area contributed by atoms with Crippen LogP contribution in [0.5, 0.6) is 17.2 Å². The molecule has 0 aliphatic carbocycles. The SMILES string of the molecule is CC(C)c1cc(Oc2c(Br)cc(C(=O)Cc3ccccc3S(N)(=O)=O)cc2Br)ccc1O. The van der Waals surface area contributed by atoms with Crippen LogP contribution in [0.2, 0.25) is 0 Å². The van der Waals surface area contributed by atoms with Crippen LogP contribution in [0.3, 0.4) is 0 Å². The van der Waals surface area contributed by atoms with E-state index in [4.69, 9.17) is 9.88 Å². The number of primary sulfonamides is 1. The van der Waals surface area contributed by atoms with Gasteiger partial charge in [0.2, 0.25) is 10.0 Å². The Morgan fingerprint density at radius 1 is 1.06 bits per heavy atom. The first-order chi connectivity index (χ1) is 15.0. The number of carbonyl (C=O) groups excluding carboxylic acids is 1. The highest BCUT2D eigenvalue weighted by atomic mass is 79.9. The second-order valence-electron chi connectivity index (χ2n) is 7.50. The number of sulfonamides is 1. The van der Waals surface area contributed by atoms with E-state index in [1.165, 1.54) is 6.07 Å². The van der Waals surface area contributed by atoms with Gasteiger partial charge in [0.05, 0.1) is 13.8 Å².